The number of carbonyl (C=O) groups excluding carboxylic acids is 1. The van der Waals surface area contributed by atoms with E-state index in [4.69, 9.17) is 4.74 Å². The number of esters is 1. The van der Waals surface area contributed by atoms with Crippen LogP contribution in [0.15, 0.2) is 17.5 Å². The molecule has 0 N–H and O–H groups in total. The zero-order valence-corrected chi connectivity index (χ0v) is 13.7. The number of methoxy groups -OCH3 is 1. The van der Waals surface area contributed by atoms with E-state index in [1.165, 1.54) is 44.3 Å². The summed E-state index contributed by atoms with van der Waals surface area (Å²) >= 11 is 1.70. The summed E-state index contributed by atoms with van der Waals surface area (Å²) in [6.07, 6.45) is 7.08. The maximum atomic E-state index is 12.4. The lowest BCUT2D eigenvalue weighted by Crippen LogP contribution is -2.36. The Morgan fingerprint density at radius 3 is 2.90 bits per heavy atom. The topological polar surface area (TPSA) is 29.5 Å². The normalized spacial score (nSPS) is 30.4. The Bertz CT molecular complexity index is 467. The number of ether oxygens (including phenoxy) is 1. The van der Waals surface area contributed by atoms with Crippen LogP contribution in [0.1, 0.15) is 43.4 Å². The molecule has 4 heteroatoms. The van der Waals surface area contributed by atoms with Crippen LogP contribution >= 0.6 is 11.3 Å². The highest BCUT2D eigenvalue weighted by molar-refractivity contribution is 7.10. The van der Waals surface area contributed by atoms with E-state index >= 15 is 0 Å². The fraction of sp³-hybridized carbons (Fsp3) is 0.706. The zero-order chi connectivity index (χ0) is 14.7. The second-order valence-electron chi connectivity index (χ2n) is 6.52. The van der Waals surface area contributed by atoms with E-state index < -0.39 is 0 Å². The van der Waals surface area contributed by atoms with Crippen LogP contribution in [0.5, 0.6) is 0 Å². The van der Waals surface area contributed by atoms with Gasteiger partial charge < -0.3 is 9.64 Å². The van der Waals surface area contributed by atoms with E-state index in [2.05, 4.69) is 16.3 Å². The molecule has 1 saturated carbocycles. The molecule has 3 rings (SSSR count). The van der Waals surface area contributed by atoms with Crippen LogP contribution in [0, 0.1) is 5.92 Å². The molecular formula is C17H25NO2S. The van der Waals surface area contributed by atoms with Crippen molar-refractivity contribution < 1.29 is 9.53 Å². The van der Waals surface area contributed by atoms with Crippen molar-refractivity contribution in [3.8, 4) is 0 Å². The number of hydrogen-bond donors (Lipinski definition) is 0. The Morgan fingerprint density at radius 2 is 2.24 bits per heavy atom. The van der Waals surface area contributed by atoms with Gasteiger partial charge >= 0.3 is 5.97 Å². The average Bonchev–Trinajstić information content (AvgIpc) is 3.17. The quantitative estimate of drug-likeness (QED) is 0.798. The Kier molecular flexibility index (Phi) is 4.65. The van der Waals surface area contributed by atoms with Crippen molar-refractivity contribution in [3.05, 3.63) is 22.4 Å². The summed E-state index contributed by atoms with van der Waals surface area (Å²) in [7, 11) is 1.52. The molecule has 3 nitrogen and oxygen atoms in total. The Balaban J connectivity index is 1.70. The lowest BCUT2D eigenvalue weighted by Gasteiger charge is -2.30. The van der Waals surface area contributed by atoms with Crippen molar-refractivity contribution >= 4 is 17.3 Å². The number of thiophene rings is 1. The van der Waals surface area contributed by atoms with Gasteiger partial charge in [-0.3, -0.25) is 4.79 Å². The summed E-state index contributed by atoms with van der Waals surface area (Å²) in [4.78, 5) is 16.2. The molecular weight excluding hydrogens is 282 g/mol. The van der Waals surface area contributed by atoms with Gasteiger partial charge in [-0.25, -0.2) is 0 Å². The van der Waals surface area contributed by atoms with Crippen LogP contribution in [0.25, 0.3) is 0 Å². The first-order valence-corrected chi connectivity index (χ1v) is 8.97. The van der Waals surface area contributed by atoms with E-state index in [0.29, 0.717) is 5.92 Å². The zero-order valence-electron chi connectivity index (χ0n) is 12.8. The molecule has 21 heavy (non-hydrogen) atoms. The SMILES string of the molecule is COC(=O)C1(c2cccs2)CCC(CN2CCCCC2)C1. The van der Waals surface area contributed by atoms with Gasteiger partial charge in [0.05, 0.1) is 7.11 Å². The second kappa shape index (κ2) is 6.49. The van der Waals surface area contributed by atoms with E-state index in [1.807, 2.05) is 6.07 Å². The molecule has 2 heterocycles. The van der Waals surface area contributed by atoms with Crippen molar-refractivity contribution in [2.75, 3.05) is 26.7 Å². The van der Waals surface area contributed by atoms with Crippen molar-refractivity contribution in [2.45, 2.75) is 43.9 Å². The first-order valence-electron chi connectivity index (χ1n) is 8.09. The monoisotopic (exact) mass is 307 g/mol. The average molecular weight is 307 g/mol. The van der Waals surface area contributed by atoms with Gasteiger partial charge in [0.1, 0.15) is 5.41 Å². The van der Waals surface area contributed by atoms with Crippen molar-refractivity contribution in [3.63, 3.8) is 0 Å². The maximum Gasteiger partial charge on any atom is 0.317 e. The number of piperidine rings is 1. The van der Waals surface area contributed by atoms with Gasteiger partial charge in [-0.2, -0.15) is 0 Å². The lowest BCUT2D eigenvalue weighted by atomic mass is 9.83. The van der Waals surface area contributed by atoms with Gasteiger partial charge in [-0.1, -0.05) is 12.5 Å². The van der Waals surface area contributed by atoms with Crippen molar-refractivity contribution in [2.24, 2.45) is 5.92 Å². The van der Waals surface area contributed by atoms with Crippen LogP contribution < -0.4 is 0 Å². The van der Waals surface area contributed by atoms with Crippen LogP contribution in [0.3, 0.4) is 0 Å². The van der Waals surface area contributed by atoms with Gasteiger partial charge in [0, 0.05) is 11.4 Å². The Hall–Kier alpha value is -0.870. The third kappa shape index (κ3) is 3.02. The molecule has 1 aromatic rings. The first-order chi connectivity index (χ1) is 10.2. The summed E-state index contributed by atoms with van der Waals surface area (Å²) in [5, 5.41) is 2.07. The molecule has 2 aliphatic rings. The molecule has 1 aliphatic carbocycles. The summed E-state index contributed by atoms with van der Waals surface area (Å²) in [6.45, 7) is 3.63. The van der Waals surface area contributed by atoms with Gasteiger partial charge in [0.25, 0.3) is 0 Å². The minimum Gasteiger partial charge on any atom is -0.468 e. The smallest absolute Gasteiger partial charge is 0.317 e. The van der Waals surface area contributed by atoms with Gasteiger partial charge in [0.15, 0.2) is 0 Å². The molecule has 1 saturated heterocycles. The maximum absolute atomic E-state index is 12.4. The van der Waals surface area contributed by atoms with Crippen LogP contribution in [0.2, 0.25) is 0 Å². The fourth-order valence-electron chi connectivity index (χ4n) is 4.07. The van der Waals surface area contributed by atoms with Gasteiger partial charge in [-0.15, -0.1) is 11.3 Å². The molecule has 1 aliphatic heterocycles. The third-order valence-corrected chi connectivity index (χ3v) is 6.22. The molecule has 2 fully saturated rings. The minimum absolute atomic E-state index is 0.0360. The van der Waals surface area contributed by atoms with Crippen molar-refractivity contribution in [1.82, 2.24) is 4.90 Å². The number of carbonyl (C=O) groups is 1. The standard InChI is InChI=1S/C17H25NO2S/c1-20-16(19)17(15-6-5-11-21-15)8-7-14(12-17)13-18-9-3-2-4-10-18/h5-6,11,14H,2-4,7-10,12-13H2,1H3. The summed E-state index contributed by atoms with van der Waals surface area (Å²) in [6, 6.07) is 4.15. The van der Waals surface area contributed by atoms with Crippen molar-refractivity contribution in [1.29, 1.82) is 0 Å². The minimum atomic E-state index is -0.372. The van der Waals surface area contributed by atoms with Crippen LogP contribution in [0.4, 0.5) is 0 Å². The van der Waals surface area contributed by atoms with E-state index in [9.17, 15) is 4.79 Å². The van der Waals surface area contributed by atoms with Crippen LogP contribution in [-0.4, -0.2) is 37.6 Å². The molecule has 116 valence electrons. The summed E-state index contributed by atoms with van der Waals surface area (Å²) < 4.78 is 5.15. The number of hydrogen-bond acceptors (Lipinski definition) is 4. The van der Waals surface area contributed by atoms with E-state index in [0.717, 1.165) is 25.8 Å². The first kappa shape index (κ1) is 15.0. The van der Waals surface area contributed by atoms with E-state index in [1.54, 1.807) is 11.3 Å². The molecule has 0 amide bonds. The molecule has 2 atom stereocenters. The lowest BCUT2D eigenvalue weighted by molar-refractivity contribution is -0.147. The number of likely N-dealkylation sites (tertiary alicyclic amines) is 1. The predicted octanol–water partition coefficient (Wildman–Crippen LogP) is 3.44. The Morgan fingerprint density at radius 1 is 1.43 bits per heavy atom. The highest BCUT2D eigenvalue weighted by Crippen LogP contribution is 2.47. The highest BCUT2D eigenvalue weighted by Gasteiger charge is 2.48. The molecule has 0 aromatic carbocycles. The number of rotatable bonds is 4. The second-order valence-corrected chi connectivity index (χ2v) is 7.47. The van der Waals surface area contributed by atoms with Crippen LogP contribution in [-0.2, 0) is 14.9 Å². The largest absolute Gasteiger partial charge is 0.468 e. The number of nitrogens with zero attached hydrogens (tertiary/aromatic N) is 1. The third-order valence-electron chi connectivity index (χ3n) is 5.15. The molecule has 0 radical (unpaired) electrons. The van der Waals surface area contributed by atoms with Gasteiger partial charge in [-0.05, 0) is 62.6 Å². The predicted molar refractivity (Wildman–Crippen MR) is 85.6 cm³/mol. The van der Waals surface area contributed by atoms with Gasteiger partial charge in [0.2, 0.25) is 0 Å². The fourth-order valence-corrected chi connectivity index (χ4v) is 5.02. The summed E-state index contributed by atoms with van der Waals surface area (Å²) in [5.41, 5.74) is -0.372. The van der Waals surface area contributed by atoms with E-state index in [-0.39, 0.29) is 11.4 Å². The molecule has 0 spiro atoms. The molecule has 2 unspecified atom stereocenters. The summed E-state index contributed by atoms with van der Waals surface area (Å²) in [5.74, 6) is 0.593. The highest BCUT2D eigenvalue weighted by atomic mass is 32.1. The Labute approximate surface area is 131 Å². The molecule has 0 bridgehead atoms. The molecule has 1 aromatic heterocycles.